The van der Waals surface area contributed by atoms with E-state index < -0.39 is 23.6 Å². The van der Waals surface area contributed by atoms with E-state index >= 15 is 0 Å². The van der Waals surface area contributed by atoms with Crippen molar-refractivity contribution in [1.29, 1.82) is 0 Å². The summed E-state index contributed by atoms with van der Waals surface area (Å²) in [5.74, 6) is -1.93. The Morgan fingerprint density at radius 3 is 1.81 bits per heavy atom. The molecule has 2 rings (SSSR count). The van der Waals surface area contributed by atoms with Crippen molar-refractivity contribution in [3.05, 3.63) is 67.1 Å². The van der Waals surface area contributed by atoms with Gasteiger partial charge in [-0.1, -0.05) is 47.8 Å². The molecule has 0 aliphatic carbocycles. The number of alkyl halides is 1. The summed E-state index contributed by atoms with van der Waals surface area (Å²) in [6, 6.07) is 5.68. The number of ether oxygens (including phenoxy) is 2. The quantitative estimate of drug-likeness (QED) is 0.337. The standard InChI is InChI=1S/C9H7Br2FO2.C9H8BrFO2/c1-14-9(13)6-2-5(11)3-8(12)7(6)4-10;1-5-7(9(12)13-2)3-6(10)4-8(5)11/h2-3H,4H2,1H3;3-4H,1-2H3. The van der Waals surface area contributed by atoms with Crippen molar-refractivity contribution in [3.8, 4) is 0 Å². The summed E-state index contributed by atoms with van der Waals surface area (Å²) in [5.41, 5.74) is 1.08. The average molecular weight is 573 g/mol. The highest BCUT2D eigenvalue weighted by atomic mass is 79.9. The fourth-order valence-corrected chi connectivity index (χ4v) is 3.43. The normalized spacial score (nSPS) is 9.93. The lowest BCUT2D eigenvalue weighted by atomic mass is 10.1. The SMILES string of the molecule is COC(=O)c1cc(Br)cc(F)c1C.COC(=O)c1cc(Br)cc(F)c1CBr. The van der Waals surface area contributed by atoms with Gasteiger partial charge in [0.1, 0.15) is 11.6 Å². The van der Waals surface area contributed by atoms with Gasteiger partial charge in [0, 0.05) is 19.8 Å². The molecule has 0 aliphatic rings. The number of esters is 2. The Labute approximate surface area is 180 Å². The van der Waals surface area contributed by atoms with Crippen molar-refractivity contribution < 1.29 is 27.8 Å². The van der Waals surface area contributed by atoms with E-state index in [0.717, 1.165) is 0 Å². The van der Waals surface area contributed by atoms with Crippen LogP contribution in [0.25, 0.3) is 0 Å². The molecule has 0 aromatic heterocycles. The number of benzene rings is 2. The molecule has 0 saturated carbocycles. The molecule has 0 fully saturated rings. The van der Waals surface area contributed by atoms with Crippen molar-refractivity contribution in [2.24, 2.45) is 0 Å². The van der Waals surface area contributed by atoms with Crippen LogP contribution in [0.15, 0.2) is 33.2 Å². The molecule has 0 aliphatic heterocycles. The molecular weight excluding hydrogens is 558 g/mol. The molecule has 0 amide bonds. The second-order valence-electron chi connectivity index (χ2n) is 5.09. The maximum atomic E-state index is 13.3. The Morgan fingerprint density at radius 1 is 0.889 bits per heavy atom. The molecule has 0 unspecified atom stereocenters. The summed E-state index contributed by atoms with van der Waals surface area (Å²) in [6.45, 7) is 1.54. The van der Waals surface area contributed by atoms with Gasteiger partial charge in [-0.25, -0.2) is 18.4 Å². The molecule has 0 atom stereocenters. The monoisotopic (exact) mass is 570 g/mol. The smallest absolute Gasteiger partial charge is 0.338 e. The zero-order valence-corrected chi connectivity index (χ0v) is 19.3. The third-order valence-electron chi connectivity index (χ3n) is 3.41. The average Bonchev–Trinajstić information content (AvgIpc) is 2.63. The van der Waals surface area contributed by atoms with E-state index in [2.05, 4.69) is 57.3 Å². The Morgan fingerprint density at radius 2 is 1.33 bits per heavy atom. The lowest BCUT2D eigenvalue weighted by Gasteiger charge is -2.06. The molecule has 4 nitrogen and oxygen atoms in total. The molecule has 27 heavy (non-hydrogen) atoms. The van der Waals surface area contributed by atoms with Crippen LogP contribution in [0.1, 0.15) is 31.8 Å². The summed E-state index contributed by atoms with van der Waals surface area (Å²) in [6.07, 6.45) is 0. The summed E-state index contributed by atoms with van der Waals surface area (Å²) < 4.78 is 36.5. The second-order valence-corrected chi connectivity index (χ2v) is 7.48. The van der Waals surface area contributed by atoms with Gasteiger partial charge in [0.25, 0.3) is 0 Å². The van der Waals surface area contributed by atoms with Gasteiger partial charge in [-0.05, 0) is 36.8 Å². The Kier molecular flexibility index (Phi) is 9.55. The second kappa shape index (κ2) is 10.9. The zero-order chi connectivity index (χ0) is 20.7. The molecule has 0 bridgehead atoms. The molecule has 0 heterocycles. The van der Waals surface area contributed by atoms with Gasteiger partial charge in [0.05, 0.1) is 25.3 Å². The van der Waals surface area contributed by atoms with E-state index in [1.54, 1.807) is 0 Å². The minimum Gasteiger partial charge on any atom is -0.465 e. The highest BCUT2D eigenvalue weighted by molar-refractivity contribution is 9.10. The van der Waals surface area contributed by atoms with Crippen LogP contribution in [-0.2, 0) is 14.8 Å². The Hall–Kier alpha value is -1.32. The van der Waals surface area contributed by atoms with Crippen molar-refractivity contribution in [2.75, 3.05) is 14.2 Å². The number of carbonyl (C=O) groups excluding carboxylic acids is 2. The van der Waals surface area contributed by atoms with Crippen molar-refractivity contribution in [2.45, 2.75) is 12.3 Å². The van der Waals surface area contributed by atoms with Crippen molar-refractivity contribution >= 4 is 59.7 Å². The van der Waals surface area contributed by atoms with E-state index in [9.17, 15) is 18.4 Å². The molecule has 146 valence electrons. The van der Waals surface area contributed by atoms with E-state index in [1.165, 1.54) is 45.4 Å². The van der Waals surface area contributed by atoms with Crippen molar-refractivity contribution in [1.82, 2.24) is 0 Å². The van der Waals surface area contributed by atoms with E-state index in [1.807, 2.05) is 0 Å². The van der Waals surface area contributed by atoms with Gasteiger partial charge in [-0.2, -0.15) is 0 Å². The molecular formula is C18H15Br3F2O4. The maximum Gasteiger partial charge on any atom is 0.338 e. The van der Waals surface area contributed by atoms with Gasteiger partial charge in [-0.15, -0.1) is 0 Å². The van der Waals surface area contributed by atoms with Crippen LogP contribution in [0.3, 0.4) is 0 Å². The van der Waals surface area contributed by atoms with Gasteiger partial charge in [0.2, 0.25) is 0 Å². The first-order valence-corrected chi connectivity index (χ1v) is 10.0. The molecule has 0 N–H and O–H groups in total. The Bertz CT molecular complexity index is 857. The minimum atomic E-state index is -0.542. The van der Waals surface area contributed by atoms with Crippen LogP contribution >= 0.6 is 47.8 Å². The fourth-order valence-electron chi connectivity index (χ4n) is 2.00. The summed E-state index contributed by atoms with van der Waals surface area (Å²) in [7, 11) is 2.53. The van der Waals surface area contributed by atoms with Crippen molar-refractivity contribution in [3.63, 3.8) is 0 Å². The number of methoxy groups -OCH3 is 2. The number of carbonyl (C=O) groups is 2. The molecule has 0 radical (unpaired) electrons. The van der Waals surface area contributed by atoms with E-state index in [0.29, 0.717) is 20.1 Å². The van der Waals surface area contributed by atoms with Crippen LogP contribution in [0, 0.1) is 18.6 Å². The van der Waals surface area contributed by atoms with Crippen LogP contribution in [-0.4, -0.2) is 26.2 Å². The topological polar surface area (TPSA) is 52.6 Å². The maximum absolute atomic E-state index is 13.3. The highest BCUT2D eigenvalue weighted by Crippen LogP contribution is 2.23. The molecule has 2 aromatic rings. The highest BCUT2D eigenvalue weighted by Gasteiger charge is 2.16. The van der Waals surface area contributed by atoms with Crippen LogP contribution < -0.4 is 0 Å². The predicted octanol–water partition coefficient (Wildman–Crippen LogP) is 5.95. The number of halogens is 5. The summed E-state index contributed by atoms with van der Waals surface area (Å²) in [5, 5.41) is 0.274. The third-order valence-corrected chi connectivity index (χ3v) is 4.89. The van der Waals surface area contributed by atoms with Crippen LogP contribution in [0.4, 0.5) is 8.78 Å². The predicted molar refractivity (Wildman–Crippen MR) is 108 cm³/mol. The molecule has 9 heteroatoms. The zero-order valence-electron chi connectivity index (χ0n) is 14.5. The van der Waals surface area contributed by atoms with Crippen LogP contribution in [0.5, 0.6) is 0 Å². The summed E-state index contributed by atoms with van der Waals surface area (Å²) >= 11 is 9.33. The number of rotatable bonds is 3. The third kappa shape index (κ3) is 6.36. The lowest BCUT2D eigenvalue weighted by molar-refractivity contribution is 0.0590. The summed E-state index contributed by atoms with van der Waals surface area (Å²) in [4.78, 5) is 22.4. The fraction of sp³-hybridized carbons (Fsp3) is 0.222. The van der Waals surface area contributed by atoms with E-state index in [-0.39, 0.29) is 16.5 Å². The molecule has 0 saturated heterocycles. The van der Waals surface area contributed by atoms with E-state index in [4.69, 9.17) is 0 Å². The van der Waals surface area contributed by atoms with Crippen LogP contribution in [0.2, 0.25) is 0 Å². The van der Waals surface area contributed by atoms with Gasteiger partial charge in [0.15, 0.2) is 0 Å². The molecule has 2 aromatic carbocycles. The first-order chi connectivity index (χ1) is 12.7. The first-order valence-electron chi connectivity index (χ1n) is 7.32. The lowest BCUT2D eigenvalue weighted by Crippen LogP contribution is -2.06. The number of hydrogen-bond donors (Lipinski definition) is 0. The number of hydrogen-bond acceptors (Lipinski definition) is 4. The Balaban J connectivity index is 0.000000271. The van der Waals surface area contributed by atoms with Gasteiger partial charge < -0.3 is 9.47 Å². The molecule has 0 spiro atoms. The largest absolute Gasteiger partial charge is 0.465 e. The van der Waals surface area contributed by atoms with Gasteiger partial charge in [-0.3, -0.25) is 0 Å². The van der Waals surface area contributed by atoms with Gasteiger partial charge >= 0.3 is 11.9 Å². The first kappa shape index (κ1) is 23.7. The minimum absolute atomic E-state index is 0.233.